The van der Waals surface area contributed by atoms with Crippen molar-refractivity contribution in [3.05, 3.63) is 66.3 Å². The maximum atomic E-state index is 6.51. The third-order valence-electron chi connectivity index (χ3n) is 4.45. The first-order chi connectivity index (χ1) is 11.2. The van der Waals surface area contributed by atoms with Gasteiger partial charge >= 0.3 is 19.5 Å². The molecule has 2 nitrogen and oxygen atoms in total. The molecule has 0 spiro atoms. The molecule has 6 heteroatoms. The molecule has 2 aromatic rings. The molecular formula is C20H21Cl2NOSZn. The normalized spacial score (nSPS) is 15.0. The van der Waals surface area contributed by atoms with Crippen LogP contribution in [0.25, 0.3) is 10.8 Å². The standard InChI is InChI=1S/C20H21NOS.2ClH.Zn/c1-2-20(14-21,17-11-5-6-13-19(17)23)22-18-12-7-9-15-8-3-4-10-16(15)18;;;/h3-12H,2,13-14,21H2,1H3;2*1H;/q;;;+2/p-2/t20-;;;/m1.../s1. The number of fused-ring (bicyclic) bond motifs is 1. The van der Waals surface area contributed by atoms with Crippen molar-refractivity contribution in [1.82, 2.24) is 0 Å². The van der Waals surface area contributed by atoms with Gasteiger partial charge in [0, 0.05) is 28.8 Å². The first kappa shape index (κ1) is 25.2. The van der Waals surface area contributed by atoms with Crippen LogP contribution in [-0.2, 0) is 19.5 Å². The molecule has 0 radical (unpaired) electrons. The van der Waals surface area contributed by atoms with Crippen LogP contribution in [0.2, 0.25) is 0 Å². The van der Waals surface area contributed by atoms with Crippen LogP contribution in [0.4, 0.5) is 0 Å². The molecule has 0 amide bonds. The third kappa shape index (κ3) is 4.94. The Balaban J connectivity index is 0.00000208. The van der Waals surface area contributed by atoms with Crippen LogP contribution in [0.15, 0.2) is 66.3 Å². The summed E-state index contributed by atoms with van der Waals surface area (Å²) in [5, 5.41) is 2.26. The van der Waals surface area contributed by atoms with Gasteiger partial charge < -0.3 is 35.3 Å². The first-order valence-electron chi connectivity index (χ1n) is 7.97. The van der Waals surface area contributed by atoms with Crippen molar-refractivity contribution in [1.29, 1.82) is 0 Å². The van der Waals surface area contributed by atoms with Crippen LogP contribution >= 0.6 is 12.2 Å². The summed E-state index contributed by atoms with van der Waals surface area (Å²) in [6.07, 6.45) is 7.71. The summed E-state index contributed by atoms with van der Waals surface area (Å²) >= 11 is 5.56. The minimum Gasteiger partial charge on any atom is -1.00 e. The van der Waals surface area contributed by atoms with E-state index in [0.717, 1.165) is 39.8 Å². The van der Waals surface area contributed by atoms with Crippen molar-refractivity contribution in [2.45, 2.75) is 25.4 Å². The molecule has 0 saturated carbocycles. The van der Waals surface area contributed by atoms with Crippen molar-refractivity contribution in [3.63, 3.8) is 0 Å². The molecule has 26 heavy (non-hydrogen) atoms. The molecule has 0 saturated heterocycles. The molecular weight excluding hydrogens is 439 g/mol. The first-order valence-corrected chi connectivity index (χ1v) is 8.38. The Kier molecular flexibility index (Phi) is 10.8. The zero-order valence-electron chi connectivity index (χ0n) is 14.8. The molecule has 2 aromatic carbocycles. The Labute approximate surface area is 185 Å². The second kappa shape index (κ2) is 11.2. The summed E-state index contributed by atoms with van der Waals surface area (Å²) in [5.74, 6) is 0.855. The molecule has 0 aromatic heterocycles. The molecule has 1 atom stereocenters. The predicted molar refractivity (Wildman–Crippen MR) is 101 cm³/mol. The van der Waals surface area contributed by atoms with E-state index in [4.69, 9.17) is 22.7 Å². The SMILES string of the molecule is CC[C@](CN)(Oc1cccc2ccccc12)C1=CC=CCC1=S.[Cl-].[Cl-].[Zn+2]. The Morgan fingerprint density at radius 3 is 2.46 bits per heavy atom. The molecule has 3 rings (SSSR count). The van der Waals surface area contributed by atoms with Gasteiger partial charge in [-0.15, -0.1) is 0 Å². The van der Waals surface area contributed by atoms with Gasteiger partial charge in [0.15, 0.2) is 0 Å². The molecule has 0 heterocycles. The number of nitrogens with two attached hydrogens (primary N) is 1. The Bertz CT molecular complexity index is 798. The van der Waals surface area contributed by atoms with Gasteiger partial charge in [0.25, 0.3) is 0 Å². The Hall–Kier alpha value is -0.767. The molecule has 0 aliphatic heterocycles. The number of hydrogen-bond acceptors (Lipinski definition) is 3. The van der Waals surface area contributed by atoms with Crippen LogP contribution in [0, 0.1) is 0 Å². The fraction of sp³-hybridized carbons (Fsp3) is 0.250. The second-order valence-electron chi connectivity index (χ2n) is 5.77. The maximum Gasteiger partial charge on any atom is 2.00 e. The van der Waals surface area contributed by atoms with Gasteiger partial charge in [0.05, 0.1) is 0 Å². The average Bonchev–Trinajstić information content (AvgIpc) is 2.61. The number of rotatable bonds is 5. The van der Waals surface area contributed by atoms with E-state index in [1.54, 1.807) is 0 Å². The van der Waals surface area contributed by atoms with Gasteiger partial charge in [-0.1, -0.05) is 73.8 Å². The van der Waals surface area contributed by atoms with Gasteiger partial charge in [-0.05, 0) is 17.9 Å². The minimum atomic E-state index is -0.577. The van der Waals surface area contributed by atoms with Crippen molar-refractivity contribution >= 4 is 27.9 Å². The van der Waals surface area contributed by atoms with Crippen LogP contribution < -0.4 is 35.3 Å². The molecule has 0 bridgehead atoms. The maximum absolute atomic E-state index is 6.51. The minimum absolute atomic E-state index is 0. The Morgan fingerprint density at radius 2 is 1.81 bits per heavy atom. The topological polar surface area (TPSA) is 35.2 Å². The summed E-state index contributed by atoms with van der Waals surface area (Å²) in [4.78, 5) is 0.917. The van der Waals surface area contributed by atoms with Gasteiger partial charge in [-0.2, -0.15) is 0 Å². The van der Waals surface area contributed by atoms with Crippen molar-refractivity contribution in [2.24, 2.45) is 5.73 Å². The fourth-order valence-electron chi connectivity index (χ4n) is 3.06. The van der Waals surface area contributed by atoms with Crippen LogP contribution in [0.1, 0.15) is 19.8 Å². The van der Waals surface area contributed by atoms with E-state index >= 15 is 0 Å². The summed E-state index contributed by atoms with van der Waals surface area (Å²) in [7, 11) is 0. The molecule has 134 valence electrons. The van der Waals surface area contributed by atoms with Gasteiger partial charge in [-0.3, -0.25) is 0 Å². The van der Waals surface area contributed by atoms with E-state index in [2.05, 4.69) is 31.2 Å². The quantitative estimate of drug-likeness (QED) is 0.441. The van der Waals surface area contributed by atoms with E-state index in [9.17, 15) is 0 Å². The van der Waals surface area contributed by atoms with Gasteiger partial charge in [0.2, 0.25) is 0 Å². The number of ether oxygens (including phenoxy) is 1. The van der Waals surface area contributed by atoms with Crippen LogP contribution in [0.3, 0.4) is 0 Å². The zero-order chi connectivity index (χ0) is 16.3. The largest absolute Gasteiger partial charge is 2.00 e. The van der Waals surface area contributed by atoms with Gasteiger partial charge in [0.1, 0.15) is 11.4 Å². The molecule has 2 N–H and O–H groups in total. The number of allylic oxidation sites excluding steroid dienone is 3. The number of thiocarbonyl (C=S) groups is 1. The number of halogens is 2. The zero-order valence-corrected chi connectivity index (χ0v) is 20.0. The average molecular weight is 460 g/mol. The van der Waals surface area contributed by atoms with E-state index < -0.39 is 5.60 Å². The fourth-order valence-corrected chi connectivity index (χ4v) is 3.41. The molecule has 0 fully saturated rings. The summed E-state index contributed by atoms with van der Waals surface area (Å²) in [6, 6.07) is 14.3. The summed E-state index contributed by atoms with van der Waals surface area (Å²) in [5.41, 5.74) is 6.61. The molecule has 0 unspecified atom stereocenters. The summed E-state index contributed by atoms with van der Waals surface area (Å²) < 4.78 is 6.51. The van der Waals surface area contributed by atoms with E-state index in [0.29, 0.717) is 6.54 Å². The van der Waals surface area contributed by atoms with Crippen molar-refractivity contribution in [2.75, 3.05) is 6.54 Å². The number of hydrogen-bond donors (Lipinski definition) is 1. The predicted octanol–water partition coefficient (Wildman–Crippen LogP) is -1.41. The van der Waals surface area contributed by atoms with Gasteiger partial charge in [-0.25, -0.2) is 0 Å². The van der Waals surface area contributed by atoms with E-state index in [1.165, 1.54) is 0 Å². The van der Waals surface area contributed by atoms with E-state index in [1.807, 2.05) is 36.4 Å². The van der Waals surface area contributed by atoms with Crippen molar-refractivity contribution in [3.8, 4) is 5.75 Å². The van der Waals surface area contributed by atoms with Crippen molar-refractivity contribution < 1.29 is 49.0 Å². The monoisotopic (exact) mass is 457 g/mol. The number of benzene rings is 2. The Morgan fingerprint density at radius 1 is 1.12 bits per heavy atom. The van der Waals surface area contributed by atoms with Crippen LogP contribution in [-0.4, -0.2) is 17.0 Å². The summed E-state index contributed by atoms with van der Waals surface area (Å²) in [6.45, 7) is 2.49. The third-order valence-corrected chi connectivity index (χ3v) is 4.84. The second-order valence-corrected chi connectivity index (χ2v) is 6.26. The molecule has 1 aliphatic carbocycles. The van der Waals surface area contributed by atoms with E-state index in [-0.39, 0.29) is 44.3 Å². The van der Waals surface area contributed by atoms with Crippen LogP contribution in [0.5, 0.6) is 5.75 Å². The molecule has 1 aliphatic rings. The smallest absolute Gasteiger partial charge is 1.00 e.